The lowest BCUT2D eigenvalue weighted by Crippen LogP contribution is -2.04. The van der Waals surface area contributed by atoms with E-state index < -0.39 is 34.6 Å². The molecule has 0 amide bonds. The molecule has 0 aliphatic carbocycles. The third-order valence-corrected chi connectivity index (χ3v) is 4.40. The maximum atomic E-state index is 14.7. The van der Waals surface area contributed by atoms with Crippen molar-refractivity contribution in [3.05, 3.63) is 84.2 Å². The number of hydrogen-bond acceptors (Lipinski definition) is 4. The quantitative estimate of drug-likeness (QED) is 0.332. The fraction of sp³-hybridized carbons (Fsp3) is 0.0455. The molecule has 0 radical (unpaired) electrons. The summed E-state index contributed by atoms with van der Waals surface area (Å²) in [5, 5.41) is 0. The topological polar surface area (TPSA) is 47.9 Å². The molecule has 8 heteroatoms. The van der Waals surface area contributed by atoms with Crippen LogP contribution in [0.4, 0.5) is 17.6 Å². The summed E-state index contributed by atoms with van der Waals surface area (Å²) in [6, 6.07) is 12.7. The van der Waals surface area contributed by atoms with Crippen molar-refractivity contribution in [3.8, 4) is 39.7 Å². The molecule has 4 rings (SSSR count). The smallest absolute Gasteiger partial charge is 0.204 e. The van der Waals surface area contributed by atoms with E-state index in [-0.39, 0.29) is 17.0 Å². The van der Waals surface area contributed by atoms with Crippen LogP contribution in [0.25, 0.3) is 33.9 Å². The van der Waals surface area contributed by atoms with Gasteiger partial charge in [-0.05, 0) is 42.0 Å². The monoisotopic (exact) mass is 411 g/mol. The maximum absolute atomic E-state index is 14.7. The molecule has 4 nitrogen and oxygen atoms in total. The highest BCUT2D eigenvalue weighted by Crippen LogP contribution is 2.37. The molecule has 0 aliphatic heterocycles. The first-order valence-electron chi connectivity index (χ1n) is 8.76. The van der Waals surface area contributed by atoms with Crippen LogP contribution in [0, 0.1) is 23.3 Å². The normalized spacial score (nSPS) is 10.8. The minimum atomic E-state index is -1.62. The number of rotatable bonds is 4. The third-order valence-electron chi connectivity index (χ3n) is 4.40. The molecule has 0 N–H and O–H groups in total. The molecule has 0 saturated heterocycles. The van der Waals surface area contributed by atoms with E-state index >= 15 is 0 Å². The van der Waals surface area contributed by atoms with Crippen molar-refractivity contribution in [2.75, 3.05) is 7.11 Å². The minimum Gasteiger partial charge on any atom is -0.491 e. The maximum Gasteiger partial charge on any atom is 0.204 e. The molecule has 3 aromatic heterocycles. The first-order chi connectivity index (χ1) is 14.5. The van der Waals surface area contributed by atoms with Crippen molar-refractivity contribution >= 4 is 0 Å². The van der Waals surface area contributed by atoms with Crippen LogP contribution in [0.15, 0.2) is 60.9 Å². The predicted octanol–water partition coefficient (Wildman–Crippen LogP) is 5.44. The van der Waals surface area contributed by atoms with Gasteiger partial charge in [0.1, 0.15) is 0 Å². The van der Waals surface area contributed by atoms with Crippen LogP contribution in [0.1, 0.15) is 0 Å². The molecule has 0 fully saturated rings. The Bertz CT molecular complexity index is 1130. The second kappa shape index (κ2) is 7.90. The predicted molar refractivity (Wildman–Crippen MR) is 103 cm³/mol. The minimum absolute atomic E-state index is 0.123. The van der Waals surface area contributed by atoms with E-state index in [0.29, 0.717) is 11.4 Å². The third kappa shape index (κ3) is 3.36. The Morgan fingerprint density at radius 2 is 1.17 bits per heavy atom. The summed E-state index contributed by atoms with van der Waals surface area (Å²) in [6.45, 7) is 0. The van der Waals surface area contributed by atoms with E-state index in [9.17, 15) is 17.6 Å². The lowest BCUT2D eigenvalue weighted by molar-refractivity contribution is 0.334. The molecule has 30 heavy (non-hydrogen) atoms. The number of pyridine rings is 3. The van der Waals surface area contributed by atoms with Crippen molar-refractivity contribution in [3.63, 3.8) is 0 Å². The number of ether oxygens (including phenoxy) is 1. The Balaban J connectivity index is 2.02. The van der Waals surface area contributed by atoms with E-state index in [4.69, 9.17) is 0 Å². The fourth-order valence-corrected chi connectivity index (χ4v) is 3.01. The zero-order valence-corrected chi connectivity index (χ0v) is 15.5. The first-order valence-corrected chi connectivity index (χ1v) is 8.76. The first kappa shape index (κ1) is 19.5. The molecule has 0 unspecified atom stereocenters. The van der Waals surface area contributed by atoms with Gasteiger partial charge in [0.2, 0.25) is 11.6 Å². The summed E-state index contributed by atoms with van der Waals surface area (Å²) < 4.78 is 62.5. The van der Waals surface area contributed by atoms with Crippen LogP contribution in [0.2, 0.25) is 0 Å². The van der Waals surface area contributed by atoms with Crippen LogP contribution in [-0.4, -0.2) is 22.1 Å². The van der Waals surface area contributed by atoms with Crippen LogP contribution in [0.5, 0.6) is 5.75 Å². The van der Waals surface area contributed by atoms with E-state index in [1.54, 1.807) is 36.4 Å². The number of hydrogen-bond donors (Lipinski definition) is 0. The average Bonchev–Trinajstić information content (AvgIpc) is 2.79. The SMILES string of the molecule is COc1c(F)c(F)c(-c2cc(-c3ccccn3)nc(-c3ccccn3)c2)c(F)c1F. The second-order valence-electron chi connectivity index (χ2n) is 6.22. The number of methoxy groups -OCH3 is 1. The average molecular weight is 411 g/mol. The van der Waals surface area contributed by atoms with Gasteiger partial charge < -0.3 is 4.74 Å². The highest BCUT2D eigenvalue weighted by Gasteiger charge is 2.28. The van der Waals surface area contributed by atoms with Gasteiger partial charge >= 0.3 is 0 Å². The zero-order valence-electron chi connectivity index (χ0n) is 15.5. The molecule has 0 bridgehead atoms. The van der Waals surface area contributed by atoms with Crippen molar-refractivity contribution in [2.45, 2.75) is 0 Å². The number of halogens is 4. The Kier molecular flexibility index (Phi) is 5.14. The molecular formula is C22H13F4N3O. The van der Waals surface area contributed by atoms with Gasteiger partial charge in [-0.15, -0.1) is 0 Å². The lowest BCUT2D eigenvalue weighted by atomic mass is 10.0. The summed E-state index contributed by atoms with van der Waals surface area (Å²) in [7, 11) is 0.921. The molecule has 0 spiro atoms. The van der Waals surface area contributed by atoms with Gasteiger partial charge in [-0.25, -0.2) is 13.8 Å². The van der Waals surface area contributed by atoms with E-state index in [0.717, 1.165) is 7.11 Å². The van der Waals surface area contributed by atoms with Gasteiger partial charge in [0, 0.05) is 12.4 Å². The largest absolute Gasteiger partial charge is 0.491 e. The Morgan fingerprint density at radius 3 is 1.57 bits per heavy atom. The van der Waals surface area contributed by atoms with Crippen molar-refractivity contribution in [1.29, 1.82) is 0 Å². The van der Waals surface area contributed by atoms with Crippen LogP contribution < -0.4 is 4.74 Å². The summed E-state index contributed by atoms with van der Waals surface area (Å²) in [5.74, 6) is -7.52. The van der Waals surface area contributed by atoms with Crippen LogP contribution in [0.3, 0.4) is 0 Å². The second-order valence-corrected chi connectivity index (χ2v) is 6.22. The van der Waals surface area contributed by atoms with Gasteiger partial charge in [0.05, 0.1) is 35.4 Å². The Hall–Kier alpha value is -3.81. The molecule has 0 atom stereocenters. The number of benzene rings is 1. The van der Waals surface area contributed by atoms with Gasteiger partial charge in [0.15, 0.2) is 17.4 Å². The van der Waals surface area contributed by atoms with Gasteiger partial charge in [-0.2, -0.15) is 8.78 Å². The van der Waals surface area contributed by atoms with E-state index in [1.807, 2.05) is 0 Å². The number of nitrogens with zero attached hydrogens (tertiary/aromatic N) is 3. The Labute approximate surface area is 168 Å². The van der Waals surface area contributed by atoms with E-state index in [1.165, 1.54) is 24.5 Å². The number of aromatic nitrogens is 3. The molecule has 1 aromatic carbocycles. The van der Waals surface area contributed by atoms with Gasteiger partial charge in [-0.1, -0.05) is 12.1 Å². The molecular weight excluding hydrogens is 398 g/mol. The summed E-state index contributed by atoms with van der Waals surface area (Å²) in [6.07, 6.45) is 3.05. The molecule has 3 heterocycles. The molecule has 150 valence electrons. The van der Waals surface area contributed by atoms with Crippen molar-refractivity contribution in [2.24, 2.45) is 0 Å². The van der Waals surface area contributed by atoms with Crippen molar-refractivity contribution in [1.82, 2.24) is 15.0 Å². The van der Waals surface area contributed by atoms with Gasteiger partial charge in [0.25, 0.3) is 0 Å². The zero-order chi connectivity index (χ0) is 21.3. The lowest BCUT2D eigenvalue weighted by Gasteiger charge is -2.13. The summed E-state index contributed by atoms with van der Waals surface area (Å²) in [5.41, 5.74) is 0.330. The highest BCUT2D eigenvalue weighted by molar-refractivity contribution is 5.76. The summed E-state index contributed by atoms with van der Waals surface area (Å²) in [4.78, 5) is 12.8. The standard InChI is InChI=1S/C22H13F4N3O/c1-30-22-20(25)18(23)17(19(24)21(22)26)12-10-15(13-6-2-4-8-27-13)29-16(11-12)14-7-3-5-9-28-14/h2-11H,1H3. The Morgan fingerprint density at radius 1 is 0.667 bits per heavy atom. The van der Waals surface area contributed by atoms with Crippen LogP contribution >= 0.6 is 0 Å². The summed E-state index contributed by atoms with van der Waals surface area (Å²) >= 11 is 0. The highest BCUT2D eigenvalue weighted by atomic mass is 19.2. The van der Waals surface area contributed by atoms with Gasteiger partial charge in [-0.3, -0.25) is 9.97 Å². The molecule has 0 aliphatic rings. The fourth-order valence-electron chi connectivity index (χ4n) is 3.01. The molecule has 4 aromatic rings. The molecule has 0 saturated carbocycles. The van der Waals surface area contributed by atoms with Crippen molar-refractivity contribution < 1.29 is 22.3 Å². The van der Waals surface area contributed by atoms with E-state index in [2.05, 4.69) is 19.7 Å². The van der Waals surface area contributed by atoms with Crippen LogP contribution in [-0.2, 0) is 0 Å².